The molecular weight excluding hydrogens is 198 g/mol. The molecule has 2 heteroatoms. The van der Waals surface area contributed by atoms with E-state index in [9.17, 15) is 0 Å². The monoisotopic (exact) mass is 215 g/mol. The highest BCUT2D eigenvalue weighted by Gasteiger charge is 2.43. The maximum absolute atomic E-state index is 9.11. The fourth-order valence-corrected chi connectivity index (χ4v) is 2.02. The van der Waals surface area contributed by atoms with Gasteiger partial charge in [-0.25, -0.2) is 0 Å². The lowest BCUT2D eigenvalue weighted by molar-refractivity contribution is 0.406. The van der Waals surface area contributed by atoms with E-state index in [4.69, 9.17) is 10.00 Å². The zero-order valence-corrected chi connectivity index (χ0v) is 10.1. The minimum absolute atomic E-state index is 0.102. The zero-order chi connectivity index (χ0) is 11.8. The summed E-state index contributed by atoms with van der Waals surface area (Å²) in [5, 5.41) is 9.11. The number of nitriles is 1. The van der Waals surface area contributed by atoms with Gasteiger partial charge in [0.05, 0.1) is 18.6 Å². The van der Waals surface area contributed by atoms with Crippen molar-refractivity contribution in [3.63, 3.8) is 0 Å². The van der Waals surface area contributed by atoms with Crippen LogP contribution in [-0.2, 0) is 6.42 Å². The number of aryl methyl sites for hydroxylation is 2. The molecule has 0 spiro atoms. The number of hydrogen-bond acceptors (Lipinski definition) is 2. The number of methoxy groups -OCH3 is 1. The van der Waals surface area contributed by atoms with E-state index in [0.717, 1.165) is 25.0 Å². The third-order valence-corrected chi connectivity index (χ3v) is 3.52. The van der Waals surface area contributed by atoms with E-state index in [0.29, 0.717) is 0 Å². The van der Waals surface area contributed by atoms with Crippen LogP contribution in [-0.4, -0.2) is 7.11 Å². The summed E-state index contributed by atoms with van der Waals surface area (Å²) in [6.07, 6.45) is 2.88. The second-order valence-corrected chi connectivity index (χ2v) is 4.82. The van der Waals surface area contributed by atoms with Gasteiger partial charge in [0, 0.05) is 0 Å². The van der Waals surface area contributed by atoms with E-state index in [2.05, 4.69) is 32.0 Å². The molecule has 16 heavy (non-hydrogen) atoms. The van der Waals surface area contributed by atoms with Gasteiger partial charge in [0.2, 0.25) is 0 Å². The fourth-order valence-electron chi connectivity index (χ4n) is 2.02. The Morgan fingerprint density at radius 2 is 1.94 bits per heavy atom. The number of rotatable bonds is 3. The topological polar surface area (TPSA) is 33.0 Å². The molecule has 0 radical (unpaired) electrons. The first kappa shape index (κ1) is 11.0. The van der Waals surface area contributed by atoms with Crippen molar-refractivity contribution in [2.24, 2.45) is 5.41 Å². The van der Waals surface area contributed by atoms with Gasteiger partial charge in [-0.15, -0.1) is 0 Å². The molecule has 1 aromatic carbocycles. The van der Waals surface area contributed by atoms with Crippen LogP contribution in [0.1, 0.15) is 29.5 Å². The number of nitrogens with zero attached hydrogens (tertiary/aromatic N) is 1. The first-order valence-electron chi connectivity index (χ1n) is 5.65. The van der Waals surface area contributed by atoms with Gasteiger partial charge in [-0.1, -0.05) is 6.07 Å². The first-order chi connectivity index (χ1) is 7.60. The molecule has 0 heterocycles. The van der Waals surface area contributed by atoms with Crippen LogP contribution in [0.25, 0.3) is 0 Å². The van der Waals surface area contributed by atoms with E-state index < -0.39 is 0 Å². The van der Waals surface area contributed by atoms with E-state index >= 15 is 0 Å². The van der Waals surface area contributed by atoms with Crippen LogP contribution in [0.4, 0.5) is 0 Å². The molecule has 2 rings (SSSR count). The summed E-state index contributed by atoms with van der Waals surface area (Å²) in [4.78, 5) is 0. The van der Waals surface area contributed by atoms with Crippen molar-refractivity contribution in [3.8, 4) is 11.8 Å². The molecule has 1 aliphatic rings. The van der Waals surface area contributed by atoms with Crippen LogP contribution in [0.5, 0.6) is 5.75 Å². The molecular formula is C14H17NO. The second kappa shape index (κ2) is 3.83. The van der Waals surface area contributed by atoms with Gasteiger partial charge in [-0.2, -0.15) is 5.26 Å². The average Bonchev–Trinajstić information content (AvgIpc) is 3.04. The Morgan fingerprint density at radius 1 is 1.31 bits per heavy atom. The molecule has 1 fully saturated rings. The van der Waals surface area contributed by atoms with Gasteiger partial charge in [0.15, 0.2) is 0 Å². The van der Waals surface area contributed by atoms with Crippen molar-refractivity contribution in [3.05, 3.63) is 28.8 Å². The Bertz CT molecular complexity index is 453. The summed E-state index contributed by atoms with van der Waals surface area (Å²) < 4.78 is 5.39. The molecule has 1 saturated carbocycles. The number of hydrogen-bond donors (Lipinski definition) is 0. The van der Waals surface area contributed by atoms with Crippen molar-refractivity contribution < 1.29 is 4.74 Å². The molecule has 0 bridgehead atoms. The van der Waals surface area contributed by atoms with Crippen molar-refractivity contribution in [1.29, 1.82) is 5.26 Å². The zero-order valence-electron chi connectivity index (χ0n) is 10.1. The van der Waals surface area contributed by atoms with E-state index in [-0.39, 0.29) is 5.41 Å². The predicted octanol–water partition coefficient (Wildman–Crippen LogP) is 3.16. The lowest BCUT2D eigenvalue weighted by Gasteiger charge is -2.13. The summed E-state index contributed by atoms with van der Waals surface area (Å²) in [7, 11) is 1.69. The summed E-state index contributed by atoms with van der Waals surface area (Å²) in [5.41, 5.74) is 3.58. The van der Waals surface area contributed by atoms with Crippen molar-refractivity contribution >= 4 is 0 Å². The van der Waals surface area contributed by atoms with E-state index in [1.54, 1.807) is 7.11 Å². The minimum Gasteiger partial charge on any atom is -0.496 e. The SMILES string of the molecule is COc1cc(C)c(C)cc1CC1(C#N)CC1. The molecule has 0 unspecified atom stereocenters. The third kappa shape index (κ3) is 1.90. The van der Waals surface area contributed by atoms with Crippen LogP contribution < -0.4 is 4.74 Å². The quantitative estimate of drug-likeness (QED) is 0.776. The fraction of sp³-hybridized carbons (Fsp3) is 0.500. The largest absolute Gasteiger partial charge is 0.496 e. The summed E-state index contributed by atoms with van der Waals surface area (Å²) >= 11 is 0. The van der Waals surface area contributed by atoms with Crippen LogP contribution in [0, 0.1) is 30.6 Å². The standard InChI is InChI=1S/C14H17NO/c1-10-6-12(8-14(9-15)4-5-14)13(16-3)7-11(10)2/h6-7H,4-5,8H2,1-3H3. The van der Waals surface area contributed by atoms with Gasteiger partial charge in [-0.3, -0.25) is 0 Å². The molecule has 0 amide bonds. The minimum atomic E-state index is -0.102. The molecule has 0 N–H and O–H groups in total. The van der Waals surface area contributed by atoms with Gasteiger partial charge in [0.25, 0.3) is 0 Å². The maximum Gasteiger partial charge on any atom is 0.122 e. The molecule has 2 nitrogen and oxygen atoms in total. The highest BCUT2D eigenvalue weighted by Crippen LogP contribution is 2.48. The van der Waals surface area contributed by atoms with Crippen LogP contribution in [0.3, 0.4) is 0 Å². The van der Waals surface area contributed by atoms with Gasteiger partial charge >= 0.3 is 0 Å². The number of benzene rings is 1. The molecule has 1 aliphatic carbocycles. The van der Waals surface area contributed by atoms with E-state index in [1.165, 1.54) is 16.7 Å². The first-order valence-corrected chi connectivity index (χ1v) is 5.65. The van der Waals surface area contributed by atoms with Crippen LogP contribution >= 0.6 is 0 Å². The van der Waals surface area contributed by atoms with Crippen molar-refractivity contribution in [1.82, 2.24) is 0 Å². The van der Waals surface area contributed by atoms with Crippen molar-refractivity contribution in [2.45, 2.75) is 33.1 Å². The molecule has 0 saturated heterocycles. The molecule has 0 aliphatic heterocycles. The normalized spacial score (nSPS) is 16.6. The smallest absolute Gasteiger partial charge is 0.122 e. The molecule has 0 atom stereocenters. The Hall–Kier alpha value is -1.49. The van der Waals surface area contributed by atoms with Gasteiger partial charge in [-0.05, 0) is 55.9 Å². The summed E-state index contributed by atoms with van der Waals surface area (Å²) in [6.45, 7) is 4.18. The second-order valence-electron chi connectivity index (χ2n) is 4.82. The highest BCUT2D eigenvalue weighted by molar-refractivity contribution is 5.43. The predicted molar refractivity (Wildman–Crippen MR) is 63.5 cm³/mol. The van der Waals surface area contributed by atoms with Gasteiger partial charge in [0.1, 0.15) is 5.75 Å². The maximum atomic E-state index is 9.11. The highest BCUT2D eigenvalue weighted by atomic mass is 16.5. The molecule has 84 valence electrons. The lowest BCUT2D eigenvalue weighted by Crippen LogP contribution is -2.04. The molecule has 0 aromatic heterocycles. The number of ether oxygens (including phenoxy) is 1. The van der Waals surface area contributed by atoms with Gasteiger partial charge < -0.3 is 4.74 Å². The summed E-state index contributed by atoms with van der Waals surface area (Å²) in [5.74, 6) is 0.921. The lowest BCUT2D eigenvalue weighted by atomic mass is 9.94. The average molecular weight is 215 g/mol. The summed E-state index contributed by atoms with van der Waals surface area (Å²) in [6, 6.07) is 6.66. The van der Waals surface area contributed by atoms with Crippen molar-refractivity contribution in [2.75, 3.05) is 7.11 Å². The van der Waals surface area contributed by atoms with Crippen LogP contribution in [0.15, 0.2) is 12.1 Å². The Morgan fingerprint density at radius 3 is 2.44 bits per heavy atom. The third-order valence-electron chi connectivity index (χ3n) is 3.52. The van der Waals surface area contributed by atoms with E-state index in [1.807, 2.05) is 0 Å². The Kier molecular flexibility index (Phi) is 2.63. The Balaban J connectivity index is 2.33. The molecule has 1 aromatic rings. The van der Waals surface area contributed by atoms with Crippen LogP contribution in [0.2, 0.25) is 0 Å². The Labute approximate surface area is 96.9 Å².